The quantitative estimate of drug-likeness (QED) is 0.470. The van der Waals surface area contributed by atoms with Crippen LogP contribution >= 0.6 is 0 Å². The maximum absolute atomic E-state index is 5.28. The van der Waals surface area contributed by atoms with Crippen molar-refractivity contribution in [3.8, 4) is 12.3 Å². The van der Waals surface area contributed by atoms with Gasteiger partial charge in [-0.25, -0.2) is 0 Å². The van der Waals surface area contributed by atoms with Crippen LogP contribution < -0.4 is 0 Å². The number of benzene rings is 1. The molecule has 1 rings (SSSR count). The zero-order chi connectivity index (χ0) is 7.56. The summed E-state index contributed by atoms with van der Waals surface area (Å²) < 4.78 is 0. The molecule has 0 heterocycles. The van der Waals surface area contributed by atoms with E-state index < -0.39 is 0 Å². The maximum Gasteiger partial charge on any atom is 0.0307 e. The molecule has 0 amide bonds. The van der Waals surface area contributed by atoms with Gasteiger partial charge in [-0.15, -0.1) is 6.42 Å². The normalized spacial score (nSPS) is 8.90. The summed E-state index contributed by atoms with van der Waals surface area (Å²) in [5, 5.41) is 0. The highest BCUT2D eigenvalue weighted by molar-refractivity contribution is 5.44. The highest BCUT2D eigenvalue weighted by Crippen LogP contribution is 2.09. The van der Waals surface area contributed by atoms with Gasteiger partial charge in [-0.3, -0.25) is 0 Å². The minimum Gasteiger partial charge on any atom is -0.115 e. The van der Waals surface area contributed by atoms with Crippen molar-refractivity contribution in [1.29, 1.82) is 0 Å². The van der Waals surface area contributed by atoms with Crippen molar-refractivity contribution >= 4 is 0 Å². The first kappa shape index (κ1) is 6.89. The topological polar surface area (TPSA) is 0 Å². The molecular weight excluding hydrogens is 120 g/mol. The molecule has 1 radical (unpaired) electrons. The van der Waals surface area contributed by atoms with Crippen LogP contribution in [0.3, 0.4) is 0 Å². The van der Waals surface area contributed by atoms with E-state index in [-0.39, 0.29) is 0 Å². The van der Waals surface area contributed by atoms with Gasteiger partial charge in [0.1, 0.15) is 0 Å². The van der Waals surface area contributed by atoms with Crippen LogP contribution in [-0.2, 0) is 0 Å². The average Bonchev–Trinajstić information content (AvgIpc) is 1.88. The number of hydrogen-bond acceptors (Lipinski definition) is 0. The molecule has 0 bridgehead atoms. The van der Waals surface area contributed by atoms with Crippen LogP contribution in [-0.4, -0.2) is 0 Å². The summed E-state index contributed by atoms with van der Waals surface area (Å²) in [7, 11) is 0. The fourth-order valence-electron chi connectivity index (χ4n) is 0.965. The molecule has 10 heavy (non-hydrogen) atoms. The molecular formula is C10H9. The second-order valence-electron chi connectivity index (χ2n) is 2.31. The van der Waals surface area contributed by atoms with Crippen molar-refractivity contribution < 1.29 is 0 Å². The van der Waals surface area contributed by atoms with Gasteiger partial charge in [0.25, 0.3) is 0 Å². The van der Waals surface area contributed by atoms with Crippen molar-refractivity contribution in [3.05, 3.63) is 34.9 Å². The summed E-state index contributed by atoms with van der Waals surface area (Å²) >= 11 is 0. The lowest BCUT2D eigenvalue weighted by Gasteiger charge is -1.99. The number of terminal acetylenes is 1. The van der Waals surface area contributed by atoms with E-state index in [1.165, 1.54) is 0 Å². The van der Waals surface area contributed by atoms with Gasteiger partial charge in [0.2, 0.25) is 0 Å². The second kappa shape index (κ2) is 2.58. The lowest BCUT2D eigenvalue weighted by Crippen LogP contribution is -1.85. The Morgan fingerprint density at radius 3 is 2.60 bits per heavy atom. The zero-order valence-electron chi connectivity index (χ0n) is 6.23. The molecule has 0 N–H and O–H groups in total. The van der Waals surface area contributed by atoms with Gasteiger partial charge >= 0.3 is 0 Å². The molecule has 49 valence electrons. The van der Waals surface area contributed by atoms with Gasteiger partial charge in [-0.05, 0) is 31.0 Å². The van der Waals surface area contributed by atoms with Crippen LogP contribution in [0.1, 0.15) is 16.7 Å². The van der Waals surface area contributed by atoms with Crippen molar-refractivity contribution in [2.75, 3.05) is 0 Å². The smallest absolute Gasteiger partial charge is 0.0307 e. The molecule has 1 aromatic rings. The fourth-order valence-corrected chi connectivity index (χ4v) is 0.965. The van der Waals surface area contributed by atoms with Gasteiger partial charge in [-0.2, -0.15) is 0 Å². The van der Waals surface area contributed by atoms with Crippen molar-refractivity contribution in [1.82, 2.24) is 0 Å². The monoisotopic (exact) mass is 129 g/mol. The predicted octanol–water partition coefficient (Wildman–Crippen LogP) is 2.08. The lowest BCUT2D eigenvalue weighted by atomic mass is 10.0. The summed E-state index contributed by atoms with van der Waals surface area (Å²) in [5.74, 6) is 2.63. The molecule has 0 spiro atoms. The summed E-state index contributed by atoms with van der Waals surface area (Å²) in [5.41, 5.74) is 3.18. The molecule has 0 aromatic heterocycles. The van der Waals surface area contributed by atoms with E-state index in [2.05, 4.69) is 12.0 Å². The van der Waals surface area contributed by atoms with E-state index in [1.807, 2.05) is 26.0 Å². The average molecular weight is 129 g/mol. The zero-order valence-corrected chi connectivity index (χ0v) is 6.23. The standard InChI is InChI=1S/C10H9/c1-4-10-8(2)6-5-7-9(10)3/h1,5-6H,2-3H3. The lowest BCUT2D eigenvalue weighted by molar-refractivity contribution is 1.34. The molecule has 0 saturated heterocycles. The third kappa shape index (κ3) is 1.04. The number of rotatable bonds is 0. The molecule has 0 nitrogen and oxygen atoms in total. The van der Waals surface area contributed by atoms with Gasteiger partial charge < -0.3 is 0 Å². The second-order valence-corrected chi connectivity index (χ2v) is 2.31. The highest BCUT2D eigenvalue weighted by Gasteiger charge is 1.95. The van der Waals surface area contributed by atoms with Crippen molar-refractivity contribution in [2.24, 2.45) is 0 Å². The minimum atomic E-state index is 0.975. The Hall–Kier alpha value is -1.22. The molecule has 0 unspecified atom stereocenters. The van der Waals surface area contributed by atoms with Crippen LogP contribution in [0, 0.1) is 32.3 Å². The molecule has 0 saturated carbocycles. The van der Waals surface area contributed by atoms with E-state index in [9.17, 15) is 0 Å². The van der Waals surface area contributed by atoms with Crippen LogP contribution in [0.25, 0.3) is 0 Å². The maximum atomic E-state index is 5.28. The molecule has 0 atom stereocenters. The van der Waals surface area contributed by atoms with Crippen LogP contribution in [0.5, 0.6) is 0 Å². The highest BCUT2D eigenvalue weighted by atomic mass is 14.0. The first-order valence-corrected chi connectivity index (χ1v) is 3.20. The largest absolute Gasteiger partial charge is 0.115 e. The summed E-state index contributed by atoms with van der Waals surface area (Å²) in [4.78, 5) is 0. The Balaban J connectivity index is 3.34. The van der Waals surface area contributed by atoms with E-state index in [0.29, 0.717) is 0 Å². The van der Waals surface area contributed by atoms with E-state index in [4.69, 9.17) is 6.42 Å². The number of hydrogen-bond donors (Lipinski definition) is 0. The van der Waals surface area contributed by atoms with Crippen LogP contribution in [0.15, 0.2) is 12.1 Å². The summed E-state index contributed by atoms with van der Waals surface area (Å²) in [6, 6.07) is 6.92. The Morgan fingerprint density at radius 2 is 2.20 bits per heavy atom. The molecule has 0 heteroatoms. The van der Waals surface area contributed by atoms with Crippen LogP contribution in [0.2, 0.25) is 0 Å². The first-order valence-electron chi connectivity index (χ1n) is 3.20. The Bertz CT molecular complexity index is 256. The summed E-state index contributed by atoms with van der Waals surface area (Å²) in [6.45, 7) is 3.98. The van der Waals surface area contributed by atoms with Gasteiger partial charge in [0.05, 0.1) is 0 Å². The van der Waals surface area contributed by atoms with Crippen molar-refractivity contribution in [3.63, 3.8) is 0 Å². The first-order chi connectivity index (χ1) is 4.75. The number of aryl methyl sites for hydroxylation is 2. The summed E-state index contributed by atoms with van der Waals surface area (Å²) in [6.07, 6.45) is 5.28. The Labute approximate surface area is 61.9 Å². The van der Waals surface area contributed by atoms with Crippen LogP contribution in [0.4, 0.5) is 0 Å². The molecule has 0 aliphatic heterocycles. The Kier molecular flexibility index (Phi) is 1.78. The third-order valence-electron chi connectivity index (χ3n) is 1.55. The van der Waals surface area contributed by atoms with Gasteiger partial charge in [-0.1, -0.05) is 18.1 Å². The molecule has 0 aliphatic carbocycles. The van der Waals surface area contributed by atoms with E-state index in [1.54, 1.807) is 0 Å². The van der Waals surface area contributed by atoms with E-state index in [0.717, 1.165) is 16.7 Å². The van der Waals surface area contributed by atoms with Gasteiger partial charge in [0, 0.05) is 5.56 Å². The molecule has 1 aromatic carbocycles. The van der Waals surface area contributed by atoms with Gasteiger partial charge in [0.15, 0.2) is 0 Å². The third-order valence-corrected chi connectivity index (χ3v) is 1.55. The van der Waals surface area contributed by atoms with E-state index >= 15 is 0 Å². The Morgan fingerprint density at radius 1 is 1.50 bits per heavy atom. The molecule has 0 aliphatic rings. The predicted molar refractivity (Wildman–Crippen MR) is 42.7 cm³/mol. The fraction of sp³-hybridized carbons (Fsp3) is 0.200. The van der Waals surface area contributed by atoms with Crippen molar-refractivity contribution in [2.45, 2.75) is 13.8 Å². The minimum absolute atomic E-state index is 0.975. The molecule has 0 fully saturated rings. The SMILES string of the molecule is C#Cc1c(C)[c]ccc1C.